The third kappa shape index (κ3) is 14.4. The molecule has 646 valence electrons. The molecule has 1 aliphatic rings. The Bertz CT molecular complexity index is 9580. The van der Waals surface area contributed by atoms with Gasteiger partial charge < -0.3 is 14.2 Å². The average Bonchev–Trinajstić information content (AvgIpc) is 1.59. The molecule has 6 heteroatoms. The molecule has 27 aromatic rings. The van der Waals surface area contributed by atoms with Crippen LogP contribution < -0.4 is 9.80 Å². The molecular weight excluding hydrogens is 1730 g/mol. The van der Waals surface area contributed by atoms with Crippen LogP contribution in [0.4, 0.5) is 34.1 Å². The Morgan fingerprint density at radius 3 is 1.24 bits per heavy atom. The number of benzene rings is 23. The second kappa shape index (κ2) is 33.7. The van der Waals surface area contributed by atoms with Crippen LogP contribution >= 0.6 is 34.0 Å². The molecule has 0 amide bonds. The lowest BCUT2D eigenvalue weighted by atomic mass is 9.91. The van der Waals surface area contributed by atoms with Crippen molar-refractivity contribution in [3.63, 3.8) is 0 Å². The van der Waals surface area contributed by atoms with Crippen molar-refractivity contribution in [2.75, 3.05) is 9.80 Å². The number of rotatable bonds is 14. The van der Waals surface area contributed by atoms with Crippen molar-refractivity contribution >= 4 is 211 Å². The summed E-state index contributed by atoms with van der Waals surface area (Å²) in [4.78, 5) is 6.23. The molecular formula is C132H84N2OS3. The van der Waals surface area contributed by atoms with E-state index < -0.39 is 0 Å². The normalized spacial score (nSPS) is 12.1. The summed E-state index contributed by atoms with van der Waals surface area (Å²) in [5, 5.41) is 24.1. The first-order chi connectivity index (χ1) is 68.3. The Labute approximate surface area is 810 Å². The fourth-order valence-electron chi connectivity index (χ4n) is 21.5. The van der Waals surface area contributed by atoms with Crippen LogP contribution in [0.2, 0.25) is 0 Å². The van der Waals surface area contributed by atoms with Crippen molar-refractivity contribution in [3.05, 3.63) is 490 Å². The Morgan fingerprint density at radius 2 is 0.580 bits per heavy atom. The maximum absolute atomic E-state index is 6.54. The van der Waals surface area contributed by atoms with E-state index in [0.29, 0.717) is 0 Å². The second-order valence-electron chi connectivity index (χ2n) is 36.4. The molecule has 0 unspecified atom stereocenters. The molecule has 1 aliphatic carbocycles. The highest BCUT2D eigenvalue weighted by atomic mass is 32.1. The zero-order valence-corrected chi connectivity index (χ0v) is 77.6. The molecule has 0 N–H and O–H groups in total. The molecule has 3 nitrogen and oxygen atoms in total. The van der Waals surface area contributed by atoms with Crippen molar-refractivity contribution in [1.29, 1.82) is 0 Å². The topological polar surface area (TPSA) is 19.6 Å². The van der Waals surface area contributed by atoms with Gasteiger partial charge in [0.05, 0.1) is 0 Å². The van der Waals surface area contributed by atoms with E-state index in [-0.39, 0.29) is 0 Å². The quantitative estimate of drug-likeness (QED) is 0.101. The van der Waals surface area contributed by atoms with Gasteiger partial charge in [0.15, 0.2) is 0 Å². The third-order valence-corrected chi connectivity index (χ3v) is 31.7. The van der Waals surface area contributed by atoms with Crippen LogP contribution in [0.1, 0.15) is 16.9 Å². The smallest absolute Gasteiger partial charge is 0.136 e. The predicted molar refractivity (Wildman–Crippen MR) is 597 cm³/mol. The van der Waals surface area contributed by atoms with Gasteiger partial charge in [0, 0.05) is 100 Å². The van der Waals surface area contributed by atoms with Crippen LogP contribution in [0.3, 0.4) is 0 Å². The lowest BCUT2D eigenvalue weighted by molar-refractivity contribution is 0.669. The highest BCUT2D eigenvalue weighted by molar-refractivity contribution is 7.26. The van der Waals surface area contributed by atoms with Crippen molar-refractivity contribution in [2.45, 2.75) is 12.8 Å². The lowest BCUT2D eigenvalue weighted by Gasteiger charge is -2.28. The molecule has 0 aliphatic heterocycles. The minimum atomic E-state index is 0.891. The first kappa shape index (κ1) is 80.8. The number of anilines is 6. The Hall–Kier alpha value is -16.8. The summed E-state index contributed by atoms with van der Waals surface area (Å²) in [5.74, 6) is 0. The Kier molecular flexibility index (Phi) is 19.7. The molecule has 28 rings (SSSR count). The van der Waals surface area contributed by atoms with Crippen LogP contribution in [0, 0.1) is 0 Å². The number of allylic oxidation sites excluding steroid dienone is 1. The van der Waals surface area contributed by atoms with Gasteiger partial charge in [-0.3, -0.25) is 0 Å². The SMILES string of the molecule is C1=Cc2sc3cccc(-c4cc(-c5ccc(-c6ccccc6)cc5)cc(N(c5ccc(-c6ccc7c(c6)oc6ccc8ccccc8c67)cc5)c5cccc(-c6ccc(-c7ccccc7)cc6)c5)c4)c3c2CC1.c1ccc2c(c1)ccc1cc(N(c3ccc(-c4ccc5c(c4)sc4ccccc45)cc3)c3ccc4c(ccc5cc(-c6ccc7c(c6)sc6ccc8ccccc8c67)ccc54)c3)ccc12. The first-order valence-electron chi connectivity index (χ1n) is 47.4. The number of aryl methyl sites for hydroxylation is 1. The molecule has 23 aromatic carbocycles. The fourth-order valence-corrected chi connectivity index (χ4v) is 25.0. The van der Waals surface area contributed by atoms with Gasteiger partial charge in [-0.05, 0) is 312 Å². The summed E-state index contributed by atoms with van der Waals surface area (Å²) in [6, 6.07) is 174. The number of hydrogen-bond acceptors (Lipinski definition) is 6. The number of nitrogens with zero attached hydrogens (tertiary/aromatic N) is 2. The predicted octanol–water partition coefficient (Wildman–Crippen LogP) is 39.4. The van der Waals surface area contributed by atoms with Crippen molar-refractivity contribution in [1.82, 2.24) is 0 Å². The summed E-state index contributed by atoms with van der Waals surface area (Å²) >= 11 is 5.67. The molecule has 4 heterocycles. The van der Waals surface area contributed by atoms with Gasteiger partial charge in [0.1, 0.15) is 11.2 Å². The van der Waals surface area contributed by atoms with Crippen LogP contribution in [-0.2, 0) is 6.42 Å². The van der Waals surface area contributed by atoms with Gasteiger partial charge >= 0.3 is 0 Å². The van der Waals surface area contributed by atoms with E-state index in [1.165, 1.54) is 198 Å². The zero-order valence-electron chi connectivity index (χ0n) is 75.1. The van der Waals surface area contributed by atoms with Crippen molar-refractivity contribution < 1.29 is 4.42 Å². The molecule has 0 spiro atoms. The molecule has 0 saturated heterocycles. The van der Waals surface area contributed by atoms with E-state index in [9.17, 15) is 0 Å². The largest absolute Gasteiger partial charge is 0.456 e. The van der Waals surface area contributed by atoms with E-state index in [2.05, 4.69) is 495 Å². The second-order valence-corrected chi connectivity index (χ2v) is 39.6. The summed E-state index contributed by atoms with van der Waals surface area (Å²) < 4.78 is 13.2. The van der Waals surface area contributed by atoms with Crippen LogP contribution in [0.15, 0.2) is 484 Å². The molecule has 0 radical (unpaired) electrons. The van der Waals surface area contributed by atoms with E-state index in [1.54, 1.807) is 0 Å². The van der Waals surface area contributed by atoms with Gasteiger partial charge in [0.25, 0.3) is 0 Å². The monoisotopic (exact) mass is 1810 g/mol. The molecule has 0 fully saturated rings. The van der Waals surface area contributed by atoms with Crippen LogP contribution in [0.5, 0.6) is 0 Å². The molecule has 4 aromatic heterocycles. The average molecular weight is 1810 g/mol. The lowest BCUT2D eigenvalue weighted by Crippen LogP contribution is -2.10. The number of hydrogen-bond donors (Lipinski definition) is 0. The number of furan rings is 1. The maximum atomic E-state index is 6.54. The zero-order chi connectivity index (χ0) is 90.8. The highest BCUT2D eigenvalue weighted by Gasteiger charge is 2.25. The molecule has 0 saturated carbocycles. The highest BCUT2D eigenvalue weighted by Crippen LogP contribution is 2.50. The Balaban J connectivity index is 0.000000140. The maximum Gasteiger partial charge on any atom is 0.136 e. The first-order valence-corrected chi connectivity index (χ1v) is 49.8. The van der Waals surface area contributed by atoms with Crippen LogP contribution in [0.25, 0.3) is 232 Å². The van der Waals surface area contributed by atoms with E-state index >= 15 is 0 Å². The number of thiophene rings is 3. The minimum absolute atomic E-state index is 0.891. The molecule has 138 heavy (non-hydrogen) atoms. The summed E-state index contributed by atoms with van der Waals surface area (Å²) in [6.07, 6.45) is 6.76. The van der Waals surface area contributed by atoms with Crippen molar-refractivity contribution in [2.24, 2.45) is 0 Å². The standard InChI is InChI=1S/C70H47NOS.C62H37NS2/c1-3-13-46(14-4-1)48-25-29-50(30-26-48)54-18-11-19-59(42-54)71(58-37-33-51(34-38-58)55-35-39-63-66(45-55)72-65-40-36-53-17-7-8-20-61(53)69(63)65)60-43-56(52-31-27-49(28-32-52)47-15-5-2-6-16-47)41-57(44-60)62-22-12-24-68-70(62)64-21-9-10-23-67(64)73-68;1-3-9-50-39(7-1)13-14-45-34-48(25-30-52(45)50)63(47-23-17-38(18-24-47)42-20-28-56-55-11-5-6-12-58(55)64-60(56)36-42)49-26-31-53-46(35-49)16-15-44-33-41(19-27-51(44)53)43-21-29-57-61(37-43)65-59-32-22-40-8-2-4-10-54(40)62(57)59/h1-8,10-20,22-45H,9,21H2;1-37H. The fraction of sp³-hybridized carbons (Fsp3) is 0.0152. The summed E-state index contributed by atoms with van der Waals surface area (Å²) in [6.45, 7) is 0. The van der Waals surface area contributed by atoms with Crippen molar-refractivity contribution in [3.8, 4) is 89.0 Å². The third-order valence-electron chi connectivity index (χ3n) is 28.3. The van der Waals surface area contributed by atoms with Gasteiger partial charge in [-0.2, -0.15) is 0 Å². The van der Waals surface area contributed by atoms with Gasteiger partial charge in [-0.1, -0.05) is 346 Å². The Morgan fingerprint density at radius 1 is 0.188 bits per heavy atom. The van der Waals surface area contributed by atoms with Gasteiger partial charge in [-0.15, -0.1) is 34.0 Å². The summed E-state index contributed by atoms with van der Waals surface area (Å²) in [5.41, 5.74) is 29.0. The van der Waals surface area contributed by atoms with E-state index in [0.717, 1.165) is 85.8 Å². The number of fused-ring (bicyclic) bond motifs is 22. The molecule has 0 bridgehead atoms. The van der Waals surface area contributed by atoms with E-state index in [1.807, 2.05) is 34.0 Å². The minimum Gasteiger partial charge on any atom is -0.456 e. The van der Waals surface area contributed by atoms with Gasteiger partial charge in [-0.25, -0.2) is 0 Å². The van der Waals surface area contributed by atoms with Crippen LogP contribution in [-0.4, -0.2) is 0 Å². The molecule has 0 atom stereocenters. The van der Waals surface area contributed by atoms with Gasteiger partial charge in [0.2, 0.25) is 0 Å². The van der Waals surface area contributed by atoms with E-state index in [4.69, 9.17) is 4.42 Å². The summed E-state index contributed by atoms with van der Waals surface area (Å²) in [7, 11) is 0.